The van der Waals surface area contributed by atoms with Crippen LogP contribution in [0, 0.1) is 11.8 Å². The van der Waals surface area contributed by atoms with E-state index in [2.05, 4.69) is 103 Å². The van der Waals surface area contributed by atoms with Gasteiger partial charge < -0.3 is 67.1 Å². The minimum atomic E-state index is -2.39. The summed E-state index contributed by atoms with van der Waals surface area (Å²) >= 11 is 6.94. The first-order valence-electron chi connectivity index (χ1n) is 38.8. The number of nitrogens with zero attached hydrogens (tertiary/aromatic N) is 7. The summed E-state index contributed by atoms with van der Waals surface area (Å²) < 4.78 is 45.5. The lowest BCUT2D eigenvalue weighted by atomic mass is 9.82. The van der Waals surface area contributed by atoms with Gasteiger partial charge in [-0.1, -0.05) is 158 Å². The number of hydrogen-bond acceptors (Lipinski definition) is 17. The van der Waals surface area contributed by atoms with E-state index < -0.39 is 131 Å². The molecule has 4 bridgehead atoms. The molecule has 112 heavy (non-hydrogen) atoms. The number of rotatable bonds is 27. The molecular weight excluding hydrogens is 1480 g/mol. The fraction of sp³-hybridized carbons (Fsp3) is 0.548. The SMILES string of the molecule is COc1cc2cc(c1Cl)N(C)C(=O)C[C@H](OC(=O)[C@H](C)N(C)C(=O)CCN(CCO[Si](C)(C)C(C)(C)C)C(=O)CN(CCO[Si](C)(C)C(C)(C)C)C(=O)CNC(=O)CCn1c(CN(C)N(C)C(=O)OCC3c4ccccc4-c4ccccc43)cc3ccccc31)[C@@]1(C)O[C@H]1[C@H](C)[C@@H]1C[C@@](O)(NC(=O)O1)[C@H](C)/C=C/C=C(\C)C2. The average Bonchev–Trinajstić information content (AvgIpc) is 1.57. The van der Waals surface area contributed by atoms with Crippen molar-refractivity contribution in [2.75, 3.05) is 92.7 Å². The zero-order valence-electron chi connectivity index (χ0n) is 69.1. The van der Waals surface area contributed by atoms with Crippen molar-refractivity contribution in [3.8, 4) is 16.9 Å². The van der Waals surface area contributed by atoms with Gasteiger partial charge in [0.05, 0.1) is 58.2 Å². The number of alkyl carbamates (subject to hydrolysis) is 1. The van der Waals surface area contributed by atoms with Crippen molar-refractivity contribution in [1.82, 2.24) is 39.9 Å². The zero-order chi connectivity index (χ0) is 82.3. The van der Waals surface area contributed by atoms with Crippen molar-refractivity contribution in [2.24, 2.45) is 11.8 Å². The van der Waals surface area contributed by atoms with Gasteiger partial charge in [0.15, 0.2) is 16.6 Å². The summed E-state index contributed by atoms with van der Waals surface area (Å²) in [6.07, 6.45) is 0.933. The molecule has 25 nitrogen and oxygen atoms in total. The number of aromatic nitrogens is 1. The molecule has 4 aliphatic rings. The second-order valence-corrected chi connectivity index (χ2v) is 43.7. The number of methoxy groups -OCH3 is 1. The number of halogens is 1. The number of hydrazine groups is 1. The van der Waals surface area contributed by atoms with E-state index >= 15 is 4.79 Å². The van der Waals surface area contributed by atoms with E-state index in [-0.39, 0.29) is 92.8 Å². The first-order chi connectivity index (χ1) is 52.5. The Bertz CT molecular complexity index is 4300. The predicted octanol–water partition coefficient (Wildman–Crippen LogP) is 12.6. The van der Waals surface area contributed by atoms with Crippen molar-refractivity contribution in [3.05, 3.63) is 142 Å². The summed E-state index contributed by atoms with van der Waals surface area (Å²) in [5, 5.41) is 21.4. The number of aryl methyl sites for hydroxylation is 1. The number of ether oxygens (including phenoxy) is 5. The van der Waals surface area contributed by atoms with Gasteiger partial charge in [0.2, 0.25) is 29.5 Å². The third-order valence-electron chi connectivity index (χ3n) is 24.0. The standard InChI is InChI=1S/C84H118ClN9O16Si2/c1-54-28-27-29-55(2)84(103)49-69(108-79(101)87-84)56(3)77-83(11,110-77)70(48-73(97)90(14)67-45-58(44-54)46-68(104-16)76(67)85)109-78(100)57(4)89(13)72(96)37-38-92(40-42-106-111(17,18)81(5,6)7)75(99)52-93(41-43-107-112(19,20)82(8,9)10)74(98)50-86-71(95)36-39-94-60(47-59-30-21-26-35-66(59)94)51-88(12)91(15)80(102)105-53-65-63-33-24-22-31-61(63)62-32-23-25-34-64(62)65/h21-35,45-47,55-57,65,69-70,77,103H,36-44,48-53H2,1-20H3,(H,86,95)(H,87,101)/b29-27+,54-28+/t55-,56-,57+,69+,70+,77+,83-,84+/m1/s1. The molecule has 7 amide bonds. The molecule has 0 saturated carbocycles. The maximum absolute atomic E-state index is 15.0. The number of anilines is 1. The molecule has 0 radical (unpaired) electrons. The number of hydrogen-bond donors (Lipinski definition) is 3. The third-order valence-corrected chi connectivity index (χ3v) is 33.4. The number of para-hydroxylation sites is 1. The first kappa shape index (κ1) is 87.5. The highest BCUT2D eigenvalue weighted by Gasteiger charge is 2.64. The number of carbonyl (C=O) groups excluding carboxylic acids is 8. The van der Waals surface area contributed by atoms with Crippen molar-refractivity contribution >= 4 is 92.5 Å². The Balaban J connectivity index is 0.881. The smallest absolute Gasteiger partial charge is 0.424 e. The van der Waals surface area contributed by atoms with E-state index in [1.165, 1.54) is 45.7 Å². The van der Waals surface area contributed by atoms with Crippen molar-refractivity contribution in [2.45, 2.75) is 199 Å². The summed E-state index contributed by atoms with van der Waals surface area (Å²) in [6, 6.07) is 28.5. The summed E-state index contributed by atoms with van der Waals surface area (Å²) in [6.45, 7) is 29.6. The van der Waals surface area contributed by atoms with Crippen LogP contribution in [-0.4, -0.2) is 222 Å². The topological polar surface area (TPSA) is 273 Å². The molecule has 5 aromatic rings. The monoisotopic (exact) mass is 1600 g/mol. The van der Waals surface area contributed by atoms with E-state index in [9.17, 15) is 38.7 Å². The van der Waals surface area contributed by atoms with Gasteiger partial charge in [-0.15, -0.1) is 0 Å². The van der Waals surface area contributed by atoms with Crippen LogP contribution in [0.5, 0.6) is 5.75 Å². The van der Waals surface area contributed by atoms with Crippen LogP contribution in [-0.2, 0) is 76.1 Å². The molecule has 3 aliphatic heterocycles. The van der Waals surface area contributed by atoms with Gasteiger partial charge in [0.25, 0.3) is 0 Å². The lowest BCUT2D eigenvalue weighted by molar-refractivity contribution is -0.162. The molecule has 1 aliphatic carbocycles. The van der Waals surface area contributed by atoms with Crippen LogP contribution in [0.15, 0.2) is 115 Å². The number of amides is 7. The molecule has 2 fully saturated rings. The highest BCUT2D eigenvalue weighted by Crippen LogP contribution is 2.50. The Kier molecular flexibility index (Phi) is 28.1. The summed E-state index contributed by atoms with van der Waals surface area (Å²) in [5.41, 5.74) is 5.15. The number of nitrogens with one attached hydrogen (secondary N) is 2. The third kappa shape index (κ3) is 20.6. The lowest BCUT2D eigenvalue weighted by Gasteiger charge is -2.41. The van der Waals surface area contributed by atoms with Crippen molar-refractivity contribution in [1.29, 1.82) is 0 Å². The van der Waals surface area contributed by atoms with E-state index in [1.807, 2.05) is 78.2 Å². The Morgan fingerprint density at radius 2 is 1.42 bits per heavy atom. The number of esters is 1. The highest BCUT2D eigenvalue weighted by molar-refractivity contribution is 6.74. The number of benzene rings is 4. The maximum atomic E-state index is 15.0. The summed E-state index contributed by atoms with van der Waals surface area (Å²) in [5.74, 6) is -4.32. The van der Waals surface area contributed by atoms with Crippen LogP contribution in [0.1, 0.15) is 130 Å². The van der Waals surface area contributed by atoms with Crippen LogP contribution < -0.4 is 20.3 Å². The van der Waals surface area contributed by atoms with Gasteiger partial charge in [-0.2, -0.15) is 0 Å². The van der Waals surface area contributed by atoms with Crippen LogP contribution in [0.3, 0.4) is 0 Å². The maximum Gasteiger partial charge on any atom is 0.424 e. The van der Waals surface area contributed by atoms with Crippen LogP contribution in [0.4, 0.5) is 15.3 Å². The van der Waals surface area contributed by atoms with Crippen LogP contribution >= 0.6 is 11.6 Å². The number of carbonyl (C=O) groups is 8. The van der Waals surface area contributed by atoms with Crippen molar-refractivity contribution in [3.63, 3.8) is 0 Å². The lowest BCUT2D eigenvalue weighted by Crippen LogP contribution is -2.60. The van der Waals surface area contributed by atoms with Crippen molar-refractivity contribution < 1.29 is 76.0 Å². The molecule has 28 heteroatoms. The molecular formula is C84H118ClN9O16Si2. The molecule has 3 N–H and O–H groups in total. The van der Waals surface area contributed by atoms with Crippen LogP contribution in [0.2, 0.25) is 41.3 Å². The average molecular weight is 1600 g/mol. The van der Waals surface area contributed by atoms with E-state index in [1.54, 1.807) is 65.1 Å². The number of likely N-dealkylation sites (N-methyl/N-ethyl adjacent to an activating group) is 1. The molecule has 610 valence electrons. The Morgan fingerprint density at radius 1 is 0.812 bits per heavy atom. The second-order valence-electron chi connectivity index (χ2n) is 33.7. The molecule has 1 aromatic heterocycles. The molecule has 2 saturated heterocycles. The Labute approximate surface area is 667 Å². The Hall–Kier alpha value is -8.42. The normalized spacial score (nSPS) is 21.9. The molecule has 9 rings (SSSR count). The molecule has 8 atom stereocenters. The van der Waals surface area contributed by atoms with Gasteiger partial charge in [0, 0.05) is 103 Å². The molecule has 0 unspecified atom stereocenters. The number of epoxide rings is 1. The van der Waals surface area contributed by atoms with Gasteiger partial charge in [-0.25, -0.2) is 24.4 Å². The number of allylic oxidation sites excluding steroid dienone is 3. The molecule has 4 heterocycles. The Morgan fingerprint density at radius 3 is 2.04 bits per heavy atom. The van der Waals surface area contributed by atoms with Gasteiger partial charge in [-0.3, -0.25) is 29.3 Å². The number of aliphatic hydroxyl groups is 1. The predicted molar refractivity (Wildman–Crippen MR) is 437 cm³/mol. The fourth-order valence-corrected chi connectivity index (χ4v) is 16.5. The molecule has 4 aromatic carbocycles. The minimum absolute atomic E-state index is 0.00504. The van der Waals surface area contributed by atoms with E-state index in [0.29, 0.717) is 17.9 Å². The second kappa shape index (κ2) is 36.0. The molecule has 0 spiro atoms. The van der Waals surface area contributed by atoms with E-state index in [4.69, 9.17) is 44.1 Å². The fourth-order valence-electron chi connectivity index (χ4n) is 14.1. The first-order valence-corrected chi connectivity index (χ1v) is 45.0. The quantitative estimate of drug-likeness (QED) is 0.0145. The van der Waals surface area contributed by atoms with Gasteiger partial charge >= 0.3 is 18.2 Å². The minimum Gasteiger partial charge on any atom is -0.495 e. The summed E-state index contributed by atoms with van der Waals surface area (Å²) in [7, 11) is 3.16. The largest absolute Gasteiger partial charge is 0.495 e. The highest BCUT2D eigenvalue weighted by atomic mass is 35.5. The van der Waals surface area contributed by atoms with Crippen LogP contribution in [0.25, 0.3) is 22.0 Å². The van der Waals surface area contributed by atoms with Gasteiger partial charge in [0.1, 0.15) is 47.0 Å². The number of fused-ring (bicyclic) bond motifs is 9. The van der Waals surface area contributed by atoms with E-state index in [0.717, 1.165) is 50.0 Å². The zero-order valence-corrected chi connectivity index (χ0v) is 71.9. The van der Waals surface area contributed by atoms with Gasteiger partial charge in [-0.05, 0) is 121 Å². The summed E-state index contributed by atoms with van der Waals surface area (Å²) in [4.78, 5) is 120.